The number of rotatable bonds is 11. The van der Waals surface area contributed by atoms with E-state index in [2.05, 4.69) is 32.4 Å². The van der Waals surface area contributed by atoms with Crippen LogP contribution in [0.25, 0.3) is 5.69 Å². The second-order valence-corrected chi connectivity index (χ2v) is 11.6. The van der Waals surface area contributed by atoms with E-state index >= 15 is 0 Å². The van der Waals surface area contributed by atoms with Crippen molar-refractivity contribution in [2.45, 2.75) is 6.04 Å². The van der Waals surface area contributed by atoms with Crippen LogP contribution in [0.4, 0.5) is 0 Å². The van der Waals surface area contributed by atoms with Crippen molar-refractivity contribution in [2.75, 3.05) is 66.5 Å². The summed E-state index contributed by atoms with van der Waals surface area (Å²) in [6, 6.07) is 14.9. The van der Waals surface area contributed by atoms with Crippen LogP contribution in [0.1, 0.15) is 20.0 Å². The lowest BCUT2D eigenvalue weighted by Gasteiger charge is -2.34. The first-order valence-corrected chi connectivity index (χ1v) is 14.2. The monoisotopic (exact) mass is 570 g/mol. The summed E-state index contributed by atoms with van der Waals surface area (Å²) in [6.45, 7) is 6.90. The molecule has 208 valence electrons. The van der Waals surface area contributed by atoms with E-state index < -0.39 is 0 Å². The third-order valence-corrected chi connectivity index (χ3v) is 8.03. The predicted octanol–water partition coefficient (Wildman–Crippen LogP) is 2.26. The predicted molar refractivity (Wildman–Crippen MR) is 156 cm³/mol. The van der Waals surface area contributed by atoms with Gasteiger partial charge in [-0.1, -0.05) is 17.7 Å². The molecule has 3 heterocycles. The minimum Gasteiger partial charge on any atom is -0.350 e. The second kappa shape index (κ2) is 13.9. The molecule has 2 amide bonds. The Morgan fingerprint density at radius 2 is 1.77 bits per heavy atom. The summed E-state index contributed by atoms with van der Waals surface area (Å²) in [5.74, 6) is -0.461. The molecule has 2 N–H and O–H groups in total. The molecule has 0 radical (unpaired) electrons. The first kappa shape index (κ1) is 29.0. The molecule has 1 fully saturated rings. The lowest BCUT2D eigenvalue weighted by atomic mass is 10.1. The molecule has 0 bridgehead atoms. The summed E-state index contributed by atoms with van der Waals surface area (Å²) in [4.78, 5) is 45.4. The number of nitrogens with one attached hydrogen (secondary N) is 2. The molecule has 0 spiro atoms. The van der Waals surface area contributed by atoms with E-state index in [1.54, 1.807) is 54.7 Å². The number of carbonyl (C=O) groups excluding carboxylic acids is 2. The van der Waals surface area contributed by atoms with Gasteiger partial charge in [-0.05, 0) is 56.6 Å². The Hall–Kier alpha value is -3.02. The van der Waals surface area contributed by atoms with Gasteiger partial charge in [0.2, 0.25) is 0 Å². The van der Waals surface area contributed by atoms with Crippen LogP contribution in [-0.4, -0.2) is 104 Å². The number of benzene rings is 1. The fourth-order valence-corrected chi connectivity index (χ4v) is 5.38. The van der Waals surface area contributed by atoms with Gasteiger partial charge in [-0.2, -0.15) is 0 Å². The molecule has 3 aromatic rings. The second-order valence-electron chi connectivity index (χ2n) is 9.85. The zero-order valence-electron chi connectivity index (χ0n) is 22.3. The average Bonchev–Trinajstić information content (AvgIpc) is 3.38. The zero-order chi connectivity index (χ0) is 27.8. The third kappa shape index (κ3) is 8.48. The summed E-state index contributed by atoms with van der Waals surface area (Å²) in [7, 11) is 4.17. The number of piperazine rings is 1. The van der Waals surface area contributed by atoms with E-state index in [1.807, 2.05) is 7.05 Å². The first-order valence-electron chi connectivity index (χ1n) is 13.0. The molecule has 0 saturated carbocycles. The zero-order valence-corrected chi connectivity index (χ0v) is 23.9. The molecule has 4 rings (SSSR count). The van der Waals surface area contributed by atoms with Gasteiger partial charge in [0.05, 0.1) is 15.3 Å². The molecule has 9 nitrogen and oxygen atoms in total. The molecule has 0 aliphatic carbocycles. The van der Waals surface area contributed by atoms with E-state index in [9.17, 15) is 14.4 Å². The van der Waals surface area contributed by atoms with E-state index in [1.165, 1.54) is 22.0 Å². The Morgan fingerprint density at radius 1 is 1.03 bits per heavy atom. The van der Waals surface area contributed by atoms with Crippen LogP contribution in [0.15, 0.2) is 65.6 Å². The third-order valence-electron chi connectivity index (χ3n) is 6.80. The van der Waals surface area contributed by atoms with Crippen molar-refractivity contribution in [2.24, 2.45) is 0 Å². The Morgan fingerprint density at radius 3 is 2.44 bits per heavy atom. The normalized spacial score (nSPS) is 15.3. The summed E-state index contributed by atoms with van der Waals surface area (Å²) in [5, 5.41) is 6.02. The number of hydrogen-bond acceptors (Lipinski definition) is 7. The minimum atomic E-state index is -0.304. The molecule has 11 heteroatoms. The number of thiophene rings is 1. The van der Waals surface area contributed by atoms with Gasteiger partial charge in [0.1, 0.15) is 0 Å². The maximum absolute atomic E-state index is 12.9. The van der Waals surface area contributed by atoms with Crippen LogP contribution < -0.4 is 16.2 Å². The highest BCUT2D eigenvalue weighted by atomic mass is 35.5. The van der Waals surface area contributed by atoms with E-state index in [-0.39, 0.29) is 30.0 Å². The van der Waals surface area contributed by atoms with Crippen LogP contribution in [-0.2, 0) is 0 Å². The summed E-state index contributed by atoms with van der Waals surface area (Å²) >= 11 is 7.25. The van der Waals surface area contributed by atoms with Crippen molar-refractivity contribution in [1.82, 2.24) is 29.9 Å². The molecule has 1 aliphatic rings. The van der Waals surface area contributed by atoms with Gasteiger partial charge >= 0.3 is 0 Å². The van der Waals surface area contributed by atoms with Crippen molar-refractivity contribution >= 4 is 34.8 Å². The number of likely N-dealkylation sites (N-methyl/N-ethyl adjacent to an activating group) is 2. The maximum atomic E-state index is 12.9. The molecular weight excluding hydrogens is 536 g/mol. The van der Waals surface area contributed by atoms with Crippen molar-refractivity contribution in [3.63, 3.8) is 0 Å². The Balaban J connectivity index is 1.35. The molecular formula is C28H35ClN6O3S. The molecule has 1 aliphatic heterocycles. The van der Waals surface area contributed by atoms with Gasteiger partial charge in [-0.25, -0.2) is 0 Å². The summed E-state index contributed by atoms with van der Waals surface area (Å²) in [5.41, 5.74) is 1.01. The van der Waals surface area contributed by atoms with Crippen LogP contribution in [0.2, 0.25) is 4.34 Å². The molecule has 1 aromatic carbocycles. The Bertz CT molecular complexity index is 1300. The highest BCUT2D eigenvalue weighted by molar-refractivity contribution is 7.18. The van der Waals surface area contributed by atoms with E-state index in [0.29, 0.717) is 27.0 Å². The van der Waals surface area contributed by atoms with E-state index in [4.69, 9.17) is 11.6 Å². The van der Waals surface area contributed by atoms with Gasteiger partial charge in [0, 0.05) is 75.9 Å². The standard InChI is InChI=1S/C28H35ClN6O3S/c1-32-13-16-34(17-14-32)18-15-33(2)20-22(31-28(38)24-10-11-25(29)39-24)19-30-27(37)21-6-8-23(9-7-21)35-12-4-3-5-26(35)36/h3-12,22H,13-20H2,1-2H3,(H,30,37)(H,31,38). The number of hydrogen-bond donors (Lipinski definition) is 2. The smallest absolute Gasteiger partial charge is 0.261 e. The Kier molecular flexibility index (Phi) is 10.3. The van der Waals surface area contributed by atoms with Crippen LogP contribution in [0.5, 0.6) is 0 Å². The number of nitrogens with zero attached hydrogens (tertiary/aromatic N) is 4. The van der Waals surface area contributed by atoms with Gasteiger partial charge in [0.15, 0.2) is 0 Å². The van der Waals surface area contributed by atoms with Crippen LogP contribution in [0, 0.1) is 0 Å². The molecule has 2 aromatic heterocycles. The quantitative estimate of drug-likeness (QED) is 0.368. The van der Waals surface area contributed by atoms with Gasteiger partial charge in [0.25, 0.3) is 17.4 Å². The molecule has 1 unspecified atom stereocenters. The van der Waals surface area contributed by atoms with E-state index in [0.717, 1.165) is 39.3 Å². The molecule has 1 atom stereocenters. The number of aromatic nitrogens is 1. The number of halogens is 1. The largest absolute Gasteiger partial charge is 0.350 e. The van der Waals surface area contributed by atoms with Crippen molar-refractivity contribution in [3.05, 3.63) is 85.9 Å². The molecule has 1 saturated heterocycles. The summed E-state index contributed by atoms with van der Waals surface area (Å²) in [6.07, 6.45) is 1.69. The fraction of sp³-hybridized carbons (Fsp3) is 0.393. The number of pyridine rings is 1. The van der Waals surface area contributed by atoms with Gasteiger partial charge in [-0.3, -0.25) is 23.9 Å². The number of amides is 2. The lowest BCUT2D eigenvalue weighted by Crippen LogP contribution is -2.51. The highest BCUT2D eigenvalue weighted by Crippen LogP contribution is 2.21. The van der Waals surface area contributed by atoms with Crippen LogP contribution in [0.3, 0.4) is 0 Å². The van der Waals surface area contributed by atoms with Gasteiger partial charge < -0.3 is 20.4 Å². The minimum absolute atomic E-state index is 0.142. The first-order chi connectivity index (χ1) is 18.8. The number of carbonyl (C=O) groups is 2. The van der Waals surface area contributed by atoms with Gasteiger partial charge in [-0.15, -0.1) is 11.3 Å². The maximum Gasteiger partial charge on any atom is 0.261 e. The van der Waals surface area contributed by atoms with Crippen molar-refractivity contribution in [1.29, 1.82) is 0 Å². The molecule has 39 heavy (non-hydrogen) atoms. The summed E-state index contributed by atoms with van der Waals surface area (Å²) < 4.78 is 2.07. The highest BCUT2D eigenvalue weighted by Gasteiger charge is 2.20. The van der Waals surface area contributed by atoms with Crippen LogP contribution >= 0.6 is 22.9 Å². The van der Waals surface area contributed by atoms with Crippen molar-refractivity contribution in [3.8, 4) is 5.69 Å². The Labute approximate surface area is 238 Å². The lowest BCUT2D eigenvalue weighted by molar-refractivity contribution is 0.0897. The topological polar surface area (TPSA) is 89.9 Å². The average molecular weight is 571 g/mol. The SMILES string of the molecule is CN1CCN(CCN(C)CC(CNC(=O)c2ccc(-n3ccccc3=O)cc2)NC(=O)c2ccc(Cl)s2)CC1. The fourth-order valence-electron chi connectivity index (χ4n) is 4.44. The van der Waals surface area contributed by atoms with Crippen molar-refractivity contribution < 1.29 is 9.59 Å².